The van der Waals surface area contributed by atoms with E-state index in [1.807, 2.05) is 55.5 Å². The summed E-state index contributed by atoms with van der Waals surface area (Å²) in [4.78, 5) is 20.7. The number of nitrogens with one attached hydrogen (secondary N) is 2. The minimum atomic E-state index is -0.237. The molecule has 126 valence electrons. The molecule has 0 saturated heterocycles. The Balaban J connectivity index is 1.68. The van der Waals surface area contributed by atoms with Crippen LogP contribution in [0, 0.1) is 6.92 Å². The van der Waals surface area contributed by atoms with Gasteiger partial charge in [-0.05, 0) is 36.2 Å². The molecule has 0 fully saturated rings. The molecule has 0 aliphatic carbocycles. The molecular formula is C19H17BrN4O. The molecule has 0 bridgehead atoms. The van der Waals surface area contributed by atoms with Gasteiger partial charge in [-0.3, -0.25) is 4.79 Å². The van der Waals surface area contributed by atoms with Gasteiger partial charge in [0, 0.05) is 22.9 Å². The van der Waals surface area contributed by atoms with Gasteiger partial charge in [0.05, 0.1) is 0 Å². The Hall–Kier alpha value is -2.73. The molecule has 0 radical (unpaired) electrons. The fourth-order valence-electron chi connectivity index (χ4n) is 2.21. The van der Waals surface area contributed by atoms with E-state index in [0.29, 0.717) is 18.2 Å². The van der Waals surface area contributed by atoms with E-state index >= 15 is 0 Å². The van der Waals surface area contributed by atoms with Gasteiger partial charge in [0.2, 0.25) is 5.95 Å². The average molecular weight is 397 g/mol. The first kappa shape index (κ1) is 17.1. The first-order valence-electron chi connectivity index (χ1n) is 7.80. The van der Waals surface area contributed by atoms with Crippen molar-refractivity contribution in [3.63, 3.8) is 0 Å². The first-order valence-corrected chi connectivity index (χ1v) is 8.59. The zero-order valence-electron chi connectivity index (χ0n) is 13.7. The fraction of sp³-hybridized carbons (Fsp3) is 0.105. The minimum absolute atomic E-state index is 0.237. The van der Waals surface area contributed by atoms with Crippen molar-refractivity contribution in [2.24, 2.45) is 0 Å². The van der Waals surface area contributed by atoms with Crippen molar-refractivity contribution in [2.45, 2.75) is 13.5 Å². The second kappa shape index (κ2) is 7.90. The molecule has 25 heavy (non-hydrogen) atoms. The molecule has 0 aliphatic heterocycles. The van der Waals surface area contributed by atoms with E-state index < -0.39 is 0 Å². The predicted molar refractivity (Wildman–Crippen MR) is 102 cm³/mol. The van der Waals surface area contributed by atoms with Crippen molar-refractivity contribution in [1.29, 1.82) is 0 Å². The lowest BCUT2D eigenvalue weighted by atomic mass is 10.2. The molecule has 3 rings (SSSR count). The number of amides is 1. The van der Waals surface area contributed by atoms with E-state index in [9.17, 15) is 4.79 Å². The standard InChI is InChI=1S/C19H17BrN4O/c1-13-7-8-15(11-16(13)20)23-19-21-10-9-17(24-19)18(25)22-12-14-5-3-2-4-6-14/h2-11H,12H2,1H3,(H,22,25)(H,21,23,24). The van der Waals surface area contributed by atoms with E-state index in [4.69, 9.17) is 0 Å². The van der Waals surface area contributed by atoms with Crippen LogP contribution in [-0.2, 0) is 6.54 Å². The van der Waals surface area contributed by atoms with Crippen LogP contribution in [0.25, 0.3) is 0 Å². The quantitative estimate of drug-likeness (QED) is 0.677. The number of benzene rings is 2. The zero-order valence-corrected chi connectivity index (χ0v) is 15.2. The number of rotatable bonds is 5. The number of halogens is 1. The summed E-state index contributed by atoms with van der Waals surface area (Å²) in [7, 11) is 0. The first-order chi connectivity index (χ1) is 12.1. The van der Waals surface area contributed by atoms with Crippen LogP contribution < -0.4 is 10.6 Å². The predicted octanol–water partition coefficient (Wildman–Crippen LogP) is 4.22. The van der Waals surface area contributed by atoms with Gasteiger partial charge in [-0.1, -0.05) is 52.3 Å². The van der Waals surface area contributed by atoms with E-state index in [0.717, 1.165) is 21.3 Å². The normalized spacial score (nSPS) is 10.3. The van der Waals surface area contributed by atoms with Gasteiger partial charge in [-0.15, -0.1) is 0 Å². The number of aryl methyl sites for hydroxylation is 1. The maximum Gasteiger partial charge on any atom is 0.270 e. The van der Waals surface area contributed by atoms with Crippen LogP contribution >= 0.6 is 15.9 Å². The molecular weight excluding hydrogens is 380 g/mol. The monoisotopic (exact) mass is 396 g/mol. The molecule has 0 spiro atoms. The van der Waals surface area contributed by atoms with Gasteiger partial charge >= 0.3 is 0 Å². The molecule has 6 heteroatoms. The molecule has 5 nitrogen and oxygen atoms in total. The Morgan fingerprint density at radius 3 is 2.68 bits per heavy atom. The fourth-order valence-corrected chi connectivity index (χ4v) is 2.59. The lowest BCUT2D eigenvalue weighted by Gasteiger charge is -2.08. The summed E-state index contributed by atoms with van der Waals surface area (Å²) in [6.45, 7) is 2.47. The van der Waals surface area contributed by atoms with E-state index in [2.05, 4.69) is 36.5 Å². The lowest BCUT2D eigenvalue weighted by molar-refractivity contribution is 0.0946. The highest BCUT2D eigenvalue weighted by Gasteiger charge is 2.09. The maximum atomic E-state index is 12.3. The van der Waals surface area contributed by atoms with Crippen LogP contribution in [0.15, 0.2) is 65.3 Å². The van der Waals surface area contributed by atoms with Crippen LogP contribution in [0.3, 0.4) is 0 Å². The number of carbonyl (C=O) groups excluding carboxylic acids is 1. The zero-order chi connectivity index (χ0) is 17.6. The number of hydrogen-bond acceptors (Lipinski definition) is 4. The minimum Gasteiger partial charge on any atom is -0.347 e. The number of hydrogen-bond donors (Lipinski definition) is 2. The van der Waals surface area contributed by atoms with E-state index in [1.54, 1.807) is 12.3 Å². The van der Waals surface area contributed by atoms with Gasteiger partial charge in [0.15, 0.2) is 0 Å². The molecule has 2 aromatic carbocycles. The molecule has 1 amide bonds. The summed E-state index contributed by atoms with van der Waals surface area (Å²) in [6, 6.07) is 17.2. The van der Waals surface area contributed by atoms with Gasteiger partial charge in [0.25, 0.3) is 5.91 Å². The lowest BCUT2D eigenvalue weighted by Crippen LogP contribution is -2.24. The topological polar surface area (TPSA) is 66.9 Å². The summed E-state index contributed by atoms with van der Waals surface area (Å²) >= 11 is 3.49. The van der Waals surface area contributed by atoms with Gasteiger partial charge in [0.1, 0.15) is 5.69 Å². The third kappa shape index (κ3) is 4.64. The van der Waals surface area contributed by atoms with E-state index in [1.165, 1.54) is 0 Å². The number of aromatic nitrogens is 2. The Labute approximate surface area is 154 Å². The van der Waals surface area contributed by atoms with Gasteiger partial charge in [-0.25, -0.2) is 9.97 Å². The Morgan fingerprint density at radius 1 is 1.12 bits per heavy atom. The summed E-state index contributed by atoms with van der Waals surface area (Å²) in [5.41, 5.74) is 3.34. The second-order valence-electron chi connectivity index (χ2n) is 5.52. The van der Waals surface area contributed by atoms with Crippen LogP contribution in [0.4, 0.5) is 11.6 Å². The third-order valence-electron chi connectivity index (χ3n) is 3.61. The number of carbonyl (C=O) groups is 1. The average Bonchev–Trinajstić information content (AvgIpc) is 2.64. The van der Waals surface area contributed by atoms with Crippen LogP contribution in [0.2, 0.25) is 0 Å². The molecule has 0 saturated carbocycles. The molecule has 2 N–H and O–H groups in total. The molecule has 0 atom stereocenters. The highest BCUT2D eigenvalue weighted by atomic mass is 79.9. The summed E-state index contributed by atoms with van der Waals surface area (Å²) < 4.78 is 0.995. The molecule has 1 heterocycles. The SMILES string of the molecule is Cc1ccc(Nc2nccc(C(=O)NCc3ccccc3)n2)cc1Br. The second-order valence-corrected chi connectivity index (χ2v) is 6.38. The van der Waals surface area contributed by atoms with Crippen LogP contribution in [0.1, 0.15) is 21.6 Å². The Kier molecular flexibility index (Phi) is 5.40. The van der Waals surface area contributed by atoms with Crippen LogP contribution in [0.5, 0.6) is 0 Å². The van der Waals surface area contributed by atoms with Crippen molar-refractivity contribution in [2.75, 3.05) is 5.32 Å². The molecule has 0 unspecified atom stereocenters. The van der Waals surface area contributed by atoms with Crippen LogP contribution in [-0.4, -0.2) is 15.9 Å². The summed E-state index contributed by atoms with van der Waals surface area (Å²) in [6.07, 6.45) is 1.57. The summed E-state index contributed by atoms with van der Waals surface area (Å²) in [5.74, 6) is 0.141. The summed E-state index contributed by atoms with van der Waals surface area (Å²) in [5, 5.41) is 5.97. The van der Waals surface area contributed by atoms with Crippen molar-refractivity contribution >= 4 is 33.5 Å². The smallest absolute Gasteiger partial charge is 0.270 e. The van der Waals surface area contributed by atoms with Crippen molar-refractivity contribution in [1.82, 2.24) is 15.3 Å². The highest BCUT2D eigenvalue weighted by molar-refractivity contribution is 9.10. The molecule has 3 aromatic rings. The van der Waals surface area contributed by atoms with E-state index in [-0.39, 0.29) is 5.91 Å². The maximum absolute atomic E-state index is 12.3. The van der Waals surface area contributed by atoms with Crippen molar-refractivity contribution in [3.8, 4) is 0 Å². The van der Waals surface area contributed by atoms with Crippen molar-refractivity contribution in [3.05, 3.63) is 82.1 Å². The van der Waals surface area contributed by atoms with Gasteiger partial charge < -0.3 is 10.6 Å². The Morgan fingerprint density at radius 2 is 1.92 bits per heavy atom. The highest BCUT2D eigenvalue weighted by Crippen LogP contribution is 2.22. The third-order valence-corrected chi connectivity index (χ3v) is 4.47. The van der Waals surface area contributed by atoms with Crippen molar-refractivity contribution < 1.29 is 4.79 Å². The van der Waals surface area contributed by atoms with Gasteiger partial charge in [-0.2, -0.15) is 0 Å². The molecule has 0 aliphatic rings. The molecule has 1 aromatic heterocycles. The number of nitrogens with zero attached hydrogens (tertiary/aromatic N) is 2. The largest absolute Gasteiger partial charge is 0.347 e. The Bertz CT molecular complexity index is 884. The number of anilines is 2.